The second kappa shape index (κ2) is 9.72. The van der Waals surface area contributed by atoms with Gasteiger partial charge in [-0.15, -0.1) is 0 Å². The number of urea groups is 1. The van der Waals surface area contributed by atoms with Crippen molar-refractivity contribution >= 4 is 11.7 Å². The van der Waals surface area contributed by atoms with Crippen molar-refractivity contribution < 1.29 is 9.53 Å². The van der Waals surface area contributed by atoms with Crippen LogP contribution in [0.25, 0.3) is 5.82 Å². The number of para-hydroxylation sites is 1. The summed E-state index contributed by atoms with van der Waals surface area (Å²) in [4.78, 5) is 19.3. The third-order valence-electron chi connectivity index (χ3n) is 5.16. The quantitative estimate of drug-likeness (QED) is 0.640. The van der Waals surface area contributed by atoms with Crippen molar-refractivity contribution in [1.82, 2.24) is 25.0 Å². The molecule has 1 fully saturated rings. The van der Waals surface area contributed by atoms with E-state index in [2.05, 4.69) is 45.5 Å². The highest BCUT2D eigenvalue weighted by atomic mass is 16.5. The molecule has 2 unspecified atom stereocenters. The summed E-state index contributed by atoms with van der Waals surface area (Å²) in [6.07, 6.45) is 5.70. The topological polar surface area (TPSA) is 84.3 Å². The average molecular weight is 421 g/mol. The molecule has 2 aromatic heterocycles. The van der Waals surface area contributed by atoms with Gasteiger partial charge in [0.15, 0.2) is 5.82 Å². The molecule has 8 heteroatoms. The zero-order valence-electron chi connectivity index (χ0n) is 17.9. The normalized spacial score (nSPS) is 19.2. The van der Waals surface area contributed by atoms with Crippen molar-refractivity contribution in [2.45, 2.75) is 39.1 Å². The molecular formula is C23H28N6O2. The number of anilines is 1. The molecule has 0 aliphatic carbocycles. The standard InChI is InChI=1S/C23H28N6O2/c1-17-14-28(15-18(2)31-17)16-20-6-3-4-7-21(20)27-23(30)25-13-19-8-9-22(24-12-19)29-11-5-10-26-29/h3-12,17-18H,13-16H2,1-2H3,(H2,25,27,30). The Morgan fingerprint density at radius 2 is 1.94 bits per heavy atom. The van der Waals surface area contributed by atoms with Crippen LogP contribution in [0.5, 0.6) is 0 Å². The number of ether oxygens (including phenoxy) is 1. The summed E-state index contributed by atoms with van der Waals surface area (Å²) < 4.78 is 7.51. The summed E-state index contributed by atoms with van der Waals surface area (Å²) in [5, 5.41) is 10.0. The second-order valence-electron chi connectivity index (χ2n) is 7.89. The Labute approximate surface area is 182 Å². The maximum atomic E-state index is 12.5. The SMILES string of the molecule is CC1CN(Cc2ccccc2NC(=O)NCc2ccc(-n3cccn3)nc2)CC(C)O1. The highest BCUT2D eigenvalue weighted by molar-refractivity contribution is 5.90. The van der Waals surface area contributed by atoms with Crippen LogP contribution < -0.4 is 10.6 Å². The third kappa shape index (κ3) is 5.68. The van der Waals surface area contributed by atoms with E-state index >= 15 is 0 Å². The van der Waals surface area contributed by atoms with Crippen LogP contribution in [0.15, 0.2) is 61.1 Å². The van der Waals surface area contributed by atoms with Crippen LogP contribution in [-0.4, -0.2) is 51.0 Å². The summed E-state index contributed by atoms with van der Waals surface area (Å²) in [6, 6.07) is 13.3. The first-order valence-corrected chi connectivity index (χ1v) is 10.5. The zero-order chi connectivity index (χ0) is 21.6. The maximum absolute atomic E-state index is 12.5. The molecule has 1 aliphatic heterocycles. The Morgan fingerprint density at radius 1 is 1.13 bits per heavy atom. The number of benzene rings is 1. The second-order valence-corrected chi connectivity index (χ2v) is 7.89. The molecule has 162 valence electrons. The van der Waals surface area contributed by atoms with E-state index in [9.17, 15) is 4.79 Å². The zero-order valence-corrected chi connectivity index (χ0v) is 17.9. The molecule has 1 aliphatic rings. The van der Waals surface area contributed by atoms with Gasteiger partial charge in [0.1, 0.15) is 0 Å². The van der Waals surface area contributed by atoms with Crippen LogP contribution in [0.2, 0.25) is 0 Å². The molecule has 8 nitrogen and oxygen atoms in total. The minimum absolute atomic E-state index is 0.209. The van der Waals surface area contributed by atoms with Crippen LogP contribution in [0.3, 0.4) is 0 Å². The van der Waals surface area contributed by atoms with Crippen molar-refractivity contribution in [3.8, 4) is 5.82 Å². The predicted octanol–water partition coefficient (Wildman–Crippen LogP) is 3.20. The number of nitrogens with zero attached hydrogens (tertiary/aromatic N) is 4. The Kier molecular flexibility index (Phi) is 6.59. The Bertz CT molecular complexity index is 980. The Morgan fingerprint density at radius 3 is 2.65 bits per heavy atom. The first kappa shape index (κ1) is 21.0. The third-order valence-corrected chi connectivity index (χ3v) is 5.16. The monoisotopic (exact) mass is 420 g/mol. The van der Waals surface area contributed by atoms with Gasteiger partial charge in [-0.25, -0.2) is 14.5 Å². The van der Waals surface area contributed by atoms with E-state index in [1.54, 1.807) is 17.1 Å². The molecule has 0 saturated carbocycles. The molecule has 1 saturated heterocycles. The number of pyridine rings is 1. The minimum atomic E-state index is -0.243. The fourth-order valence-electron chi connectivity index (χ4n) is 3.84. The fourth-order valence-corrected chi connectivity index (χ4v) is 3.84. The summed E-state index contributed by atoms with van der Waals surface area (Å²) in [6.45, 7) is 7.11. The van der Waals surface area contributed by atoms with E-state index in [4.69, 9.17) is 4.74 Å². The molecule has 2 amide bonds. The molecular weight excluding hydrogens is 392 g/mol. The van der Waals surface area contributed by atoms with Crippen LogP contribution in [-0.2, 0) is 17.8 Å². The van der Waals surface area contributed by atoms with Gasteiger partial charge in [0.2, 0.25) is 0 Å². The van der Waals surface area contributed by atoms with E-state index in [1.807, 2.05) is 42.6 Å². The van der Waals surface area contributed by atoms with Crippen molar-refractivity contribution in [2.75, 3.05) is 18.4 Å². The molecule has 2 N–H and O–H groups in total. The number of carbonyl (C=O) groups excluding carboxylic acids is 1. The van der Waals surface area contributed by atoms with Gasteiger partial charge in [-0.05, 0) is 43.2 Å². The van der Waals surface area contributed by atoms with Crippen LogP contribution in [0.1, 0.15) is 25.0 Å². The number of hydrogen-bond donors (Lipinski definition) is 2. The highest BCUT2D eigenvalue weighted by Gasteiger charge is 2.22. The first-order valence-electron chi connectivity index (χ1n) is 10.5. The van der Waals surface area contributed by atoms with Crippen molar-refractivity contribution in [1.29, 1.82) is 0 Å². The van der Waals surface area contributed by atoms with Gasteiger partial charge in [0, 0.05) is 50.5 Å². The predicted molar refractivity (Wildman–Crippen MR) is 119 cm³/mol. The van der Waals surface area contributed by atoms with Gasteiger partial charge in [-0.3, -0.25) is 4.90 Å². The molecule has 2 atom stereocenters. The van der Waals surface area contributed by atoms with Gasteiger partial charge in [-0.1, -0.05) is 24.3 Å². The van der Waals surface area contributed by atoms with Gasteiger partial charge in [-0.2, -0.15) is 5.10 Å². The van der Waals surface area contributed by atoms with Gasteiger partial charge in [0.25, 0.3) is 0 Å². The lowest BCUT2D eigenvalue weighted by molar-refractivity contribution is -0.0704. The summed E-state index contributed by atoms with van der Waals surface area (Å²) in [7, 11) is 0. The summed E-state index contributed by atoms with van der Waals surface area (Å²) in [5.41, 5.74) is 2.82. The van der Waals surface area contributed by atoms with E-state index in [0.717, 1.165) is 42.3 Å². The molecule has 3 heterocycles. The van der Waals surface area contributed by atoms with E-state index < -0.39 is 0 Å². The van der Waals surface area contributed by atoms with Gasteiger partial charge < -0.3 is 15.4 Å². The number of aromatic nitrogens is 3. The Balaban J connectivity index is 1.32. The molecule has 3 aromatic rings. The summed E-state index contributed by atoms with van der Waals surface area (Å²) >= 11 is 0. The summed E-state index contributed by atoms with van der Waals surface area (Å²) in [5.74, 6) is 0.735. The molecule has 0 bridgehead atoms. The van der Waals surface area contributed by atoms with E-state index in [0.29, 0.717) is 6.54 Å². The number of morpholine rings is 1. The first-order chi connectivity index (χ1) is 15.1. The minimum Gasteiger partial charge on any atom is -0.373 e. The van der Waals surface area contributed by atoms with Crippen LogP contribution >= 0.6 is 0 Å². The lowest BCUT2D eigenvalue weighted by Crippen LogP contribution is -2.44. The number of amides is 2. The number of hydrogen-bond acceptors (Lipinski definition) is 5. The van der Waals surface area contributed by atoms with Crippen molar-refractivity contribution in [3.05, 3.63) is 72.2 Å². The lowest BCUT2D eigenvalue weighted by Gasteiger charge is -2.35. The fraction of sp³-hybridized carbons (Fsp3) is 0.348. The molecule has 31 heavy (non-hydrogen) atoms. The Hall–Kier alpha value is -3.23. The van der Waals surface area contributed by atoms with Gasteiger partial charge in [0.05, 0.1) is 12.2 Å². The van der Waals surface area contributed by atoms with Gasteiger partial charge >= 0.3 is 6.03 Å². The van der Waals surface area contributed by atoms with Crippen LogP contribution in [0, 0.1) is 0 Å². The molecule has 1 aromatic carbocycles. The molecule has 0 spiro atoms. The van der Waals surface area contributed by atoms with E-state index in [1.165, 1.54) is 0 Å². The van der Waals surface area contributed by atoms with E-state index in [-0.39, 0.29) is 18.2 Å². The maximum Gasteiger partial charge on any atom is 0.319 e. The highest BCUT2D eigenvalue weighted by Crippen LogP contribution is 2.20. The lowest BCUT2D eigenvalue weighted by atomic mass is 10.1. The number of carbonyl (C=O) groups is 1. The molecule has 4 rings (SSSR count). The van der Waals surface area contributed by atoms with Crippen molar-refractivity contribution in [2.24, 2.45) is 0 Å². The van der Waals surface area contributed by atoms with Crippen LogP contribution in [0.4, 0.5) is 10.5 Å². The smallest absolute Gasteiger partial charge is 0.319 e. The van der Waals surface area contributed by atoms with Crippen molar-refractivity contribution in [3.63, 3.8) is 0 Å². The largest absolute Gasteiger partial charge is 0.373 e. The average Bonchev–Trinajstić information content (AvgIpc) is 3.28. The molecule has 0 radical (unpaired) electrons. The number of rotatable bonds is 6. The number of nitrogens with one attached hydrogen (secondary N) is 2.